The van der Waals surface area contributed by atoms with Gasteiger partial charge >= 0.3 is 5.97 Å². The molecular formula is C13H16O4. The smallest absolute Gasteiger partial charge is 0.306 e. The zero-order valence-electron chi connectivity index (χ0n) is 9.97. The number of benzene rings is 1. The number of carbonyl (C=O) groups excluding carboxylic acids is 1. The van der Waals surface area contributed by atoms with Gasteiger partial charge in [0.25, 0.3) is 0 Å². The van der Waals surface area contributed by atoms with Gasteiger partial charge in [0.05, 0.1) is 12.5 Å². The van der Waals surface area contributed by atoms with Crippen molar-refractivity contribution < 1.29 is 19.4 Å². The molecule has 0 aliphatic heterocycles. The number of methoxy groups -OCH3 is 1. The van der Waals surface area contributed by atoms with Crippen LogP contribution in [0.4, 0.5) is 0 Å². The van der Waals surface area contributed by atoms with Crippen molar-refractivity contribution in [1.82, 2.24) is 0 Å². The molecule has 0 saturated carbocycles. The van der Waals surface area contributed by atoms with Crippen LogP contribution in [0.25, 0.3) is 0 Å². The normalized spacial score (nSPS) is 12.1. The summed E-state index contributed by atoms with van der Waals surface area (Å²) in [5.41, 5.74) is 1.44. The molecule has 0 heterocycles. The third-order valence-electron chi connectivity index (χ3n) is 2.47. The van der Waals surface area contributed by atoms with E-state index in [1.165, 1.54) is 6.92 Å². The number of rotatable bonds is 6. The van der Waals surface area contributed by atoms with Gasteiger partial charge in [-0.25, -0.2) is 0 Å². The Labute approximate surface area is 100 Å². The third-order valence-corrected chi connectivity index (χ3v) is 2.47. The average Bonchev–Trinajstić information content (AvgIpc) is 2.29. The van der Waals surface area contributed by atoms with Crippen molar-refractivity contribution in [1.29, 1.82) is 0 Å². The molecule has 4 nitrogen and oxygen atoms in total. The summed E-state index contributed by atoms with van der Waals surface area (Å²) in [4.78, 5) is 22.5. The number of ketones is 1. The van der Waals surface area contributed by atoms with Crippen molar-refractivity contribution in [2.75, 3.05) is 7.11 Å². The first-order chi connectivity index (χ1) is 8.04. The first-order valence-corrected chi connectivity index (χ1v) is 5.38. The van der Waals surface area contributed by atoms with E-state index in [0.29, 0.717) is 12.2 Å². The molecule has 0 radical (unpaired) electrons. The van der Waals surface area contributed by atoms with Gasteiger partial charge in [-0.3, -0.25) is 9.59 Å². The Hall–Kier alpha value is -1.68. The Morgan fingerprint density at radius 3 is 2.71 bits per heavy atom. The van der Waals surface area contributed by atoms with Gasteiger partial charge < -0.3 is 9.84 Å². The quantitative estimate of drug-likeness (QED) is 0.768. The zero-order chi connectivity index (χ0) is 12.8. The molecular weight excluding hydrogens is 220 g/mol. The lowest BCUT2D eigenvalue weighted by atomic mass is 9.99. The van der Waals surface area contributed by atoms with E-state index in [-0.39, 0.29) is 12.2 Å². The van der Waals surface area contributed by atoms with Crippen molar-refractivity contribution >= 4 is 11.8 Å². The van der Waals surface area contributed by atoms with Crippen LogP contribution in [-0.4, -0.2) is 24.0 Å². The van der Waals surface area contributed by atoms with Gasteiger partial charge in [0, 0.05) is 19.1 Å². The number of hydrogen-bond donors (Lipinski definition) is 1. The number of ether oxygens (including phenoxy) is 1. The number of aliphatic carboxylic acids is 1. The maximum atomic E-state index is 11.8. The molecule has 0 aromatic heterocycles. The molecule has 0 bridgehead atoms. The highest BCUT2D eigenvalue weighted by Gasteiger charge is 2.17. The fourth-order valence-electron chi connectivity index (χ4n) is 1.48. The first kappa shape index (κ1) is 13.4. The van der Waals surface area contributed by atoms with E-state index < -0.39 is 11.9 Å². The minimum Gasteiger partial charge on any atom is -0.481 e. The first-order valence-electron chi connectivity index (χ1n) is 5.38. The van der Waals surface area contributed by atoms with Gasteiger partial charge in [0.2, 0.25) is 0 Å². The molecule has 1 rings (SSSR count). The summed E-state index contributed by atoms with van der Waals surface area (Å²) in [6.45, 7) is 1.97. The summed E-state index contributed by atoms with van der Waals surface area (Å²) in [6, 6.07) is 7.06. The van der Waals surface area contributed by atoms with Crippen LogP contribution >= 0.6 is 0 Å². The standard InChI is InChI=1S/C13H16O4/c1-9(13(15)16)6-12(14)11-5-3-4-10(7-11)8-17-2/h3-5,7,9H,6,8H2,1-2H3,(H,15,16). The fraction of sp³-hybridized carbons (Fsp3) is 0.385. The van der Waals surface area contributed by atoms with E-state index in [0.717, 1.165) is 5.56 Å². The van der Waals surface area contributed by atoms with Gasteiger partial charge in [-0.2, -0.15) is 0 Å². The van der Waals surface area contributed by atoms with Gasteiger partial charge in [-0.1, -0.05) is 25.1 Å². The summed E-state index contributed by atoms with van der Waals surface area (Å²) in [5.74, 6) is -1.77. The topological polar surface area (TPSA) is 63.6 Å². The van der Waals surface area contributed by atoms with E-state index in [9.17, 15) is 9.59 Å². The number of carbonyl (C=O) groups is 2. The van der Waals surface area contributed by atoms with Crippen LogP contribution in [0.2, 0.25) is 0 Å². The lowest BCUT2D eigenvalue weighted by molar-refractivity contribution is -0.141. The summed E-state index contributed by atoms with van der Waals surface area (Å²) >= 11 is 0. The van der Waals surface area contributed by atoms with E-state index in [2.05, 4.69) is 0 Å². The van der Waals surface area contributed by atoms with Crippen LogP contribution in [0.15, 0.2) is 24.3 Å². The third kappa shape index (κ3) is 4.00. The molecule has 0 saturated heterocycles. The Morgan fingerprint density at radius 1 is 1.41 bits per heavy atom. The molecule has 4 heteroatoms. The van der Waals surface area contributed by atoms with E-state index >= 15 is 0 Å². The van der Waals surface area contributed by atoms with Crippen molar-refractivity contribution in [3.63, 3.8) is 0 Å². The minimum absolute atomic E-state index is 0.0196. The number of hydrogen-bond acceptors (Lipinski definition) is 3. The zero-order valence-corrected chi connectivity index (χ0v) is 9.97. The lowest BCUT2D eigenvalue weighted by Gasteiger charge is -2.06. The molecule has 1 aromatic rings. The largest absolute Gasteiger partial charge is 0.481 e. The highest BCUT2D eigenvalue weighted by molar-refractivity contribution is 5.98. The molecule has 1 atom stereocenters. The lowest BCUT2D eigenvalue weighted by Crippen LogP contribution is -2.14. The Bertz CT molecular complexity index is 412. The molecule has 1 unspecified atom stereocenters. The predicted octanol–water partition coefficient (Wildman–Crippen LogP) is 2.13. The maximum Gasteiger partial charge on any atom is 0.306 e. The van der Waals surface area contributed by atoms with Crippen LogP contribution in [-0.2, 0) is 16.1 Å². The fourth-order valence-corrected chi connectivity index (χ4v) is 1.48. The molecule has 92 valence electrons. The van der Waals surface area contributed by atoms with Crippen molar-refractivity contribution in [3.8, 4) is 0 Å². The molecule has 0 amide bonds. The Kier molecular flexibility index (Phi) is 4.84. The van der Waals surface area contributed by atoms with Gasteiger partial charge in [-0.15, -0.1) is 0 Å². The Balaban J connectivity index is 2.75. The summed E-state index contributed by atoms with van der Waals surface area (Å²) in [5, 5.41) is 8.74. The summed E-state index contributed by atoms with van der Waals surface area (Å²) < 4.78 is 4.98. The number of carboxylic acids is 1. The molecule has 0 fully saturated rings. The van der Waals surface area contributed by atoms with Gasteiger partial charge in [0.1, 0.15) is 0 Å². The van der Waals surface area contributed by atoms with Gasteiger partial charge in [-0.05, 0) is 11.6 Å². The molecule has 17 heavy (non-hydrogen) atoms. The predicted molar refractivity (Wildman–Crippen MR) is 62.9 cm³/mol. The molecule has 1 aromatic carbocycles. The summed E-state index contributed by atoms with van der Waals surface area (Å²) in [7, 11) is 1.58. The number of Topliss-reactive ketones (excluding diaryl/α,β-unsaturated/α-hetero) is 1. The highest BCUT2D eigenvalue weighted by atomic mass is 16.5. The van der Waals surface area contributed by atoms with Crippen LogP contribution < -0.4 is 0 Å². The highest BCUT2D eigenvalue weighted by Crippen LogP contribution is 2.12. The van der Waals surface area contributed by atoms with E-state index in [4.69, 9.17) is 9.84 Å². The van der Waals surface area contributed by atoms with E-state index in [1.54, 1.807) is 25.3 Å². The minimum atomic E-state index is -0.952. The second-order valence-electron chi connectivity index (χ2n) is 4.00. The molecule has 1 N–H and O–H groups in total. The van der Waals surface area contributed by atoms with Crippen LogP contribution in [0, 0.1) is 5.92 Å². The van der Waals surface area contributed by atoms with Crippen molar-refractivity contribution in [3.05, 3.63) is 35.4 Å². The summed E-state index contributed by atoms with van der Waals surface area (Å²) in [6.07, 6.45) is 0.0196. The van der Waals surface area contributed by atoms with Crippen LogP contribution in [0.5, 0.6) is 0 Å². The number of carboxylic acid groups (broad SMARTS) is 1. The van der Waals surface area contributed by atoms with Crippen LogP contribution in [0.3, 0.4) is 0 Å². The van der Waals surface area contributed by atoms with Crippen molar-refractivity contribution in [2.24, 2.45) is 5.92 Å². The second-order valence-corrected chi connectivity index (χ2v) is 4.00. The second kappa shape index (κ2) is 6.15. The maximum absolute atomic E-state index is 11.8. The Morgan fingerprint density at radius 2 is 2.12 bits per heavy atom. The molecule has 0 aliphatic carbocycles. The van der Waals surface area contributed by atoms with Crippen LogP contribution in [0.1, 0.15) is 29.3 Å². The van der Waals surface area contributed by atoms with Crippen molar-refractivity contribution in [2.45, 2.75) is 20.0 Å². The molecule has 0 aliphatic rings. The average molecular weight is 236 g/mol. The van der Waals surface area contributed by atoms with Gasteiger partial charge in [0.15, 0.2) is 5.78 Å². The SMILES string of the molecule is COCc1cccc(C(=O)CC(C)C(=O)O)c1. The monoisotopic (exact) mass is 236 g/mol. The van der Waals surface area contributed by atoms with E-state index in [1.807, 2.05) is 6.07 Å². The molecule has 0 spiro atoms.